The van der Waals surface area contributed by atoms with E-state index < -0.39 is 24.0 Å². The van der Waals surface area contributed by atoms with Gasteiger partial charge < -0.3 is 10.4 Å². The second-order valence-electron chi connectivity index (χ2n) is 5.52. The lowest BCUT2D eigenvalue weighted by Gasteiger charge is -2.20. The minimum atomic E-state index is -1.00. The molecular weight excluding hydrogens is 317 g/mol. The first-order valence-electron chi connectivity index (χ1n) is 7.38. The third kappa shape index (κ3) is 4.58. The minimum Gasteiger partial charge on any atom is -0.481 e. The maximum Gasteiger partial charge on any atom is 0.305 e. The summed E-state index contributed by atoms with van der Waals surface area (Å²) >= 11 is 0. The van der Waals surface area contributed by atoms with E-state index in [4.69, 9.17) is 5.11 Å². The van der Waals surface area contributed by atoms with E-state index in [-0.39, 0.29) is 18.7 Å². The zero-order valence-corrected chi connectivity index (χ0v) is 13.3. The van der Waals surface area contributed by atoms with Gasteiger partial charge in [0.1, 0.15) is 17.7 Å². The quantitative estimate of drug-likeness (QED) is 0.777. The Labute approximate surface area is 137 Å². The fourth-order valence-electron chi connectivity index (χ4n) is 2.31. The highest BCUT2D eigenvalue weighted by Gasteiger charge is 2.25. The van der Waals surface area contributed by atoms with E-state index in [9.17, 15) is 14.0 Å². The molecule has 0 saturated carbocycles. The summed E-state index contributed by atoms with van der Waals surface area (Å²) in [6.45, 7) is 3.26. The zero-order chi connectivity index (χ0) is 17.7. The lowest BCUT2D eigenvalue weighted by molar-refractivity contribution is -0.137. The van der Waals surface area contributed by atoms with Gasteiger partial charge in [0, 0.05) is 12.5 Å². The number of aryl methyl sites for hydroxylation is 1. The van der Waals surface area contributed by atoms with Gasteiger partial charge in [-0.05, 0) is 42.0 Å². The molecule has 2 atom stereocenters. The van der Waals surface area contributed by atoms with Crippen molar-refractivity contribution < 1.29 is 19.1 Å². The number of rotatable bonds is 7. The van der Waals surface area contributed by atoms with Crippen LogP contribution in [0.1, 0.15) is 30.8 Å². The third-order valence-corrected chi connectivity index (χ3v) is 3.47. The van der Waals surface area contributed by atoms with Gasteiger partial charge in [-0.15, -0.1) is 5.10 Å². The Bertz CT molecular complexity index is 716. The standard InChI is InChI=1S/C15H18FN5O3/c1-9(7-14(22)23)17-15(24)13(21-10(2)18-19-20-21)8-11-3-5-12(16)6-4-11/h3-6,9,13H,7-8H2,1-2H3,(H,17,24)(H,22,23). The van der Waals surface area contributed by atoms with Gasteiger partial charge in [-0.2, -0.15) is 0 Å². The van der Waals surface area contributed by atoms with Crippen LogP contribution in [0.4, 0.5) is 4.39 Å². The number of hydrogen-bond acceptors (Lipinski definition) is 5. The number of carbonyl (C=O) groups excluding carboxylic acids is 1. The number of carboxylic acid groups (broad SMARTS) is 1. The molecule has 8 nitrogen and oxygen atoms in total. The van der Waals surface area contributed by atoms with Crippen LogP contribution in [0.25, 0.3) is 0 Å². The van der Waals surface area contributed by atoms with Crippen LogP contribution in [0.3, 0.4) is 0 Å². The number of hydrogen-bond donors (Lipinski definition) is 2. The van der Waals surface area contributed by atoms with Gasteiger partial charge in [0.2, 0.25) is 5.91 Å². The average Bonchev–Trinajstić information content (AvgIpc) is 2.91. The molecule has 128 valence electrons. The smallest absolute Gasteiger partial charge is 0.305 e. The summed E-state index contributed by atoms with van der Waals surface area (Å²) in [5.74, 6) is -1.32. The van der Waals surface area contributed by atoms with Crippen molar-refractivity contribution in [1.82, 2.24) is 25.5 Å². The molecule has 1 aromatic carbocycles. The zero-order valence-electron chi connectivity index (χ0n) is 13.3. The van der Waals surface area contributed by atoms with Gasteiger partial charge in [-0.25, -0.2) is 9.07 Å². The number of amides is 1. The summed E-state index contributed by atoms with van der Waals surface area (Å²) in [5.41, 5.74) is 0.734. The molecule has 0 saturated heterocycles. The Balaban J connectivity index is 2.20. The molecule has 0 aliphatic heterocycles. The molecule has 1 amide bonds. The number of halogens is 1. The summed E-state index contributed by atoms with van der Waals surface area (Å²) in [7, 11) is 0. The third-order valence-electron chi connectivity index (χ3n) is 3.47. The Hall–Kier alpha value is -2.84. The van der Waals surface area contributed by atoms with Crippen LogP contribution in [0.5, 0.6) is 0 Å². The second kappa shape index (κ2) is 7.62. The van der Waals surface area contributed by atoms with Gasteiger partial charge in [0.05, 0.1) is 6.42 Å². The van der Waals surface area contributed by atoms with Crippen LogP contribution in [-0.4, -0.2) is 43.2 Å². The van der Waals surface area contributed by atoms with E-state index in [0.717, 1.165) is 5.56 Å². The summed E-state index contributed by atoms with van der Waals surface area (Å²) in [4.78, 5) is 23.3. The topological polar surface area (TPSA) is 110 Å². The largest absolute Gasteiger partial charge is 0.481 e. The predicted molar refractivity (Wildman–Crippen MR) is 81.6 cm³/mol. The molecule has 0 aliphatic carbocycles. The highest BCUT2D eigenvalue weighted by Crippen LogP contribution is 2.16. The van der Waals surface area contributed by atoms with E-state index in [1.165, 1.54) is 16.8 Å². The van der Waals surface area contributed by atoms with E-state index in [1.807, 2.05) is 0 Å². The van der Waals surface area contributed by atoms with Crippen LogP contribution in [0.15, 0.2) is 24.3 Å². The summed E-state index contributed by atoms with van der Waals surface area (Å²) in [6, 6.07) is 4.48. The molecule has 2 rings (SSSR count). The Morgan fingerprint density at radius 1 is 1.33 bits per heavy atom. The molecule has 0 radical (unpaired) electrons. The number of aliphatic carboxylic acids is 1. The lowest BCUT2D eigenvalue weighted by atomic mass is 10.0. The monoisotopic (exact) mass is 335 g/mol. The molecule has 0 aliphatic rings. The molecule has 9 heteroatoms. The van der Waals surface area contributed by atoms with E-state index >= 15 is 0 Å². The van der Waals surface area contributed by atoms with Crippen molar-refractivity contribution in [2.24, 2.45) is 0 Å². The Morgan fingerprint density at radius 3 is 2.54 bits per heavy atom. The number of aromatic nitrogens is 4. The molecule has 0 fully saturated rings. The van der Waals surface area contributed by atoms with Gasteiger partial charge in [-0.3, -0.25) is 9.59 Å². The second-order valence-corrected chi connectivity index (χ2v) is 5.52. The van der Waals surface area contributed by atoms with Crippen LogP contribution in [0, 0.1) is 12.7 Å². The fourth-order valence-corrected chi connectivity index (χ4v) is 2.31. The average molecular weight is 335 g/mol. The minimum absolute atomic E-state index is 0.191. The van der Waals surface area contributed by atoms with Gasteiger partial charge in [0.25, 0.3) is 0 Å². The van der Waals surface area contributed by atoms with Crippen molar-refractivity contribution in [2.45, 2.75) is 38.8 Å². The van der Waals surface area contributed by atoms with Crippen molar-refractivity contribution in [3.05, 3.63) is 41.5 Å². The van der Waals surface area contributed by atoms with Crippen LogP contribution >= 0.6 is 0 Å². The molecule has 0 bridgehead atoms. The molecule has 1 aromatic heterocycles. The van der Waals surface area contributed by atoms with Crippen molar-refractivity contribution in [3.63, 3.8) is 0 Å². The fraction of sp³-hybridized carbons (Fsp3) is 0.400. The lowest BCUT2D eigenvalue weighted by Crippen LogP contribution is -2.40. The number of carboxylic acids is 1. The number of nitrogens with zero attached hydrogens (tertiary/aromatic N) is 4. The van der Waals surface area contributed by atoms with Crippen molar-refractivity contribution in [2.75, 3.05) is 0 Å². The Kier molecular flexibility index (Phi) is 5.56. The first-order valence-corrected chi connectivity index (χ1v) is 7.38. The van der Waals surface area contributed by atoms with E-state index in [1.54, 1.807) is 26.0 Å². The van der Waals surface area contributed by atoms with Crippen LogP contribution in [-0.2, 0) is 16.0 Å². The van der Waals surface area contributed by atoms with E-state index in [0.29, 0.717) is 5.82 Å². The maximum absolute atomic E-state index is 13.0. The first-order chi connectivity index (χ1) is 11.4. The molecule has 2 aromatic rings. The molecule has 2 unspecified atom stereocenters. The molecule has 0 spiro atoms. The Morgan fingerprint density at radius 2 is 2.00 bits per heavy atom. The van der Waals surface area contributed by atoms with Gasteiger partial charge in [-0.1, -0.05) is 12.1 Å². The summed E-state index contributed by atoms with van der Waals surface area (Å²) in [5, 5.41) is 22.6. The van der Waals surface area contributed by atoms with Crippen molar-refractivity contribution in [1.29, 1.82) is 0 Å². The summed E-state index contributed by atoms with van der Waals surface area (Å²) < 4.78 is 14.4. The first kappa shape index (κ1) is 17.5. The number of carbonyl (C=O) groups is 2. The highest BCUT2D eigenvalue weighted by molar-refractivity contribution is 5.81. The normalized spacial score (nSPS) is 13.3. The SMILES string of the molecule is Cc1nnnn1C(Cc1ccc(F)cc1)C(=O)NC(C)CC(=O)O. The van der Waals surface area contributed by atoms with Gasteiger partial charge >= 0.3 is 5.97 Å². The van der Waals surface area contributed by atoms with Crippen LogP contribution < -0.4 is 5.32 Å². The number of nitrogens with one attached hydrogen (secondary N) is 1. The predicted octanol–water partition coefficient (Wildman–Crippen LogP) is 0.884. The van der Waals surface area contributed by atoms with Crippen molar-refractivity contribution >= 4 is 11.9 Å². The van der Waals surface area contributed by atoms with Gasteiger partial charge in [0.15, 0.2) is 0 Å². The number of benzene rings is 1. The highest BCUT2D eigenvalue weighted by atomic mass is 19.1. The molecule has 24 heavy (non-hydrogen) atoms. The molecule has 2 N–H and O–H groups in total. The van der Waals surface area contributed by atoms with Crippen molar-refractivity contribution in [3.8, 4) is 0 Å². The van der Waals surface area contributed by atoms with E-state index in [2.05, 4.69) is 20.8 Å². The summed E-state index contributed by atoms with van der Waals surface area (Å²) in [6.07, 6.45) is 0.0569. The number of tetrazole rings is 1. The molecular formula is C15H18FN5O3. The molecule has 1 heterocycles. The maximum atomic E-state index is 13.0. The van der Waals surface area contributed by atoms with Crippen LogP contribution in [0.2, 0.25) is 0 Å².